The molecule has 3 aliphatic carbocycles. The topological polar surface area (TPSA) is 3.24 Å². The van der Waals surface area contributed by atoms with Crippen molar-refractivity contribution in [3.05, 3.63) is 258 Å². The van der Waals surface area contributed by atoms with Gasteiger partial charge in [0, 0.05) is 22.7 Å². The molecule has 0 saturated heterocycles. The summed E-state index contributed by atoms with van der Waals surface area (Å²) in [6.45, 7) is 4.71. The monoisotopic (exact) mass is 835 g/mol. The molecule has 8 aromatic carbocycles. The number of rotatable bonds is 7. The predicted octanol–water partition coefficient (Wildman–Crippen LogP) is 15.6. The molecule has 8 aromatic rings. The van der Waals surface area contributed by atoms with Gasteiger partial charge in [0.15, 0.2) is 0 Å². The summed E-state index contributed by atoms with van der Waals surface area (Å²) in [6, 6.07) is 62.8. The summed E-state index contributed by atoms with van der Waals surface area (Å²) in [7, 11) is 0. The highest BCUT2D eigenvalue weighted by Gasteiger charge is 2.35. The van der Waals surface area contributed by atoms with Crippen LogP contribution in [-0.4, -0.2) is 0 Å². The van der Waals surface area contributed by atoms with Crippen LogP contribution in [0, 0.1) is 17.3 Å². The van der Waals surface area contributed by atoms with Gasteiger partial charge < -0.3 is 4.90 Å². The molecule has 314 valence electrons. The molecule has 0 aromatic heterocycles. The fourth-order valence-corrected chi connectivity index (χ4v) is 10.7. The Morgan fingerprint density at radius 1 is 0.538 bits per heavy atom. The van der Waals surface area contributed by atoms with Crippen molar-refractivity contribution in [3.8, 4) is 11.1 Å². The highest BCUT2D eigenvalue weighted by molar-refractivity contribution is 6.19. The maximum Gasteiger partial charge on any atom is 0.0539 e. The van der Waals surface area contributed by atoms with Crippen molar-refractivity contribution in [1.29, 1.82) is 0 Å². The first-order valence-corrected chi connectivity index (χ1v) is 23.3. The molecule has 3 aliphatic rings. The Morgan fingerprint density at radius 2 is 1.18 bits per heavy atom. The first-order chi connectivity index (χ1) is 32.0. The Morgan fingerprint density at radius 3 is 1.89 bits per heavy atom. The standard InChI is InChI=1S/C64H53N/c1-45-20-9-18-34-59(63(48-24-7-4-8-25-48)54-29-13-11-26-50(54)44-45)64(2)42-40-52(41-43-64)65(60-35-19-27-46-21-10-12-28-53(46)60)51-38-36-49(37-39-51)62-57-32-16-14-30-55(57)61(47-22-5-3-6-23-47)56-31-15-17-33-58(56)62/h4-5,7-42,44-45,59H,3,6,43H2,1-2H3/b20-9-,34-18-,50-44-,63-54-. The van der Waals surface area contributed by atoms with E-state index in [1.54, 1.807) is 0 Å². The number of nitrogens with zero attached hydrogens (tertiary/aromatic N) is 1. The molecule has 0 amide bonds. The van der Waals surface area contributed by atoms with Crippen LogP contribution in [0.4, 0.5) is 11.4 Å². The molecular weight excluding hydrogens is 783 g/mol. The summed E-state index contributed by atoms with van der Waals surface area (Å²) in [5.74, 6) is 0.429. The van der Waals surface area contributed by atoms with E-state index < -0.39 is 0 Å². The maximum atomic E-state index is 2.49. The van der Waals surface area contributed by atoms with Gasteiger partial charge in [0.1, 0.15) is 0 Å². The van der Waals surface area contributed by atoms with Gasteiger partial charge in [-0.25, -0.2) is 0 Å². The molecule has 1 heteroatoms. The predicted molar refractivity (Wildman–Crippen MR) is 279 cm³/mol. The molecule has 0 heterocycles. The van der Waals surface area contributed by atoms with Gasteiger partial charge in [-0.2, -0.15) is 0 Å². The van der Waals surface area contributed by atoms with E-state index in [1.165, 1.54) is 87.5 Å². The van der Waals surface area contributed by atoms with Crippen molar-refractivity contribution >= 4 is 60.9 Å². The van der Waals surface area contributed by atoms with E-state index >= 15 is 0 Å². The quantitative estimate of drug-likeness (QED) is 0.145. The van der Waals surface area contributed by atoms with E-state index in [4.69, 9.17) is 0 Å². The van der Waals surface area contributed by atoms with Crippen LogP contribution in [0.3, 0.4) is 0 Å². The minimum atomic E-state index is -0.205. The number of hydrogen-bond acceptors (Lipinski definition) is 1. The third kappa shape index (κ3) is 7.51. The largest absolute Gasteiger partial charge is 0.310 e. The fourth-order valence-electron chi connectivity index (χ4n) is 10.7. The molecule has 0 spiro atoms. The minimum Gasteiger partial charge on any atom is -0.310 e. The van der Waals surface area contributed by atoms with Crippen LogP contribution < -0.4 is 15.3 Å². The number of fused-ring (bicyclic) bond motifs is 4. The lowest BCUT2D eigenvalue weighted by Crippen LogP contribution is -2.35. The molecule has 11 rings (SSSR count). The molecule has 0 fully saturated rings. The van der Waals surface area contributed by atoms with Gasteiger partial charge in [-0.15, -0.1) is 0 Å². The lowest BCUT2D eigenvalue weighted by molar-refractivity contribution is 0.366. The lowest BCUT2D eigenvalue weighted by Gasteiger charge is -2.39. The molecular formula is C64H53N. The van der Waals surface area contributed by atoms with Gasteiger partial charge in [-0.3, -0.25) is 0 Å². The van der Waals surface area contributed by atoms with Gasteiger partial charge in [-0.05, 0) is 126 Å². The average Bonchev–Trinajstić information content (AvgIpc) is 3.36. The second kappa shape index (κ2) is 17.2. The molecule has 0 N–H and O–H groups in total. The molecule has 0 saturated carbocycles. The normalized spacial score (nSPS) is 21.8. The van der Waals surface area contributed by atoms with Crippen molar-refractivity contribution in [3.63, 3.8) is 0 Å². The summed E-state index contributed by atoms with van der Waals surface area (Å²) in [6.07, 6.45) is 29.1. The molecule has 1 nitrogen and oxygen atoms in total. The summed E-state index contributed by atoms with van der Waals surface area (Å²) in [5, 5.41) is 10.2. The Bertz CT molecular complexity index is 3370. The zero-order valence-electron chi connectivity index (χ0n) is 37.2. The summed E-state index contributed by atoms with van der Waals surface area (Å²) >= 11 is 0. The number of anilines is 2. The zero-order valence-corrected chi connectivity index (χ0v) is 37.2. The maximum absolute atomic E-state index is 2.49. The minimum absolute atomic E-state index is 0.110. The van der Waals surface area contributed by atoms with Crippen molar-refractivity contribution in [2.45, 2.75) is 33.1 Å². The average molecular weight is 836 g/mol. The first kappa shape index (κ1) is 40.3. The molecule has 0 bridgehead atoms. The SMILES string of the molecule is CC1/C=C\C=C/C(C2(C)C=CC(N(c3ccc(-c4c5ccccc5c(C5=CCCC=C5)c5ccccc45)cc3)c3cccc4ccccc34)=CC2)/C(c2ccccc2)=c2/cccc/c2=C/1. The van der Waals surface area contributed by atoms with Crippen LogP contribution in [-0.2, 0) is 0 Å². The molecule has 0 aliphatic heterocycles. The Hall–Kier alpha value is -7.48. The van der Waals surface area contributed by atoms with Crippen molar-refractivity contribution in [2.24, 2.45) is 17.3 Å². The summed E-state index contributed by atoms with van der Waals surface area (Å²) < 4.78 is 0. The smallest absolute Gasteiger partial charge is 0.0539 e. The van der Waals surface area contributed by atoms with Gasteiger partial charge in [0.05, 0.1) is 5.69 Å². The highest BCUT2D eigenvalue weighted by Crippen LogP contribution is 2.48. The fraction of sp³-hybridized carbons (Fsp3) is 0.125. The highest BCUT2D eigenvalue weighted by atomic mass is 15.1. The van der Waals surface area contributed by atoms with E-state index in [0.717, 1.165) is 24.9 Å². The first-order valence-electron chi connectivity index (χ1n) is 23.3. The zero-order chi connectivity index (χ0) is 43.7. The van der Waals surface area contributed by atoms with Crippen LogP contribution in [0.15, 0.2) is 236 Å². The molecule has 65 heavy (non-hydrogen) atoms. The summed E-state index contributed by atoms with van der Waals surface area (Å²) in [4.78, 5) is 2.47. The summed E-state index contributed by atoms with van der Waals surface area (Å²) in [5.41, 5.74) is 11.0. The Balaban J connectivity index is 1.04. The van der Waals surface area contributed by atoms with Gasteiger partial charge in [0.2, 0.25) is 0 Å². The molecule has 3 unspecified atom stereocenters. The van der Waals surface area contributed by atoms with Crippen LogP contribution in [0.25, 0.3) is 60.7 Å². The molecule has 3 atom stereocenters. The molecule has 0 radical (unpaired) electrons. The lowest BCUT2D eigenvalue weighted by atomic mass is 9.67. The van der Waals surface area contributed by atoms with Crippen LogP contribution in [0.2, 0.25) is 0 Å². The van der Waals surface area contributed by atoms with Gasteiger partial charge >= 0.3 is 0 Å². The van der Waals surface area contributed by atoms with Crippen LogP contribution in [0.1, 0.15) is 44.2 Å². The van der Waals surface area contributed by atoms with E-state index in [1.807, 2.05) is 0 Å². The van der Waals surface area contributed by atoms with E-state index in [-0.39, 0.29) is 11.3 Å². The van der Waals surface area contributed by atoms with Crippen LogP contribution >= 0.6 is 0 Å². The number of hydrogen-bond donors (Lipinski definition) is 0. The van der Waals surface area contributed by atoms with Crippen molar-refractivity contribution in [1.82, 2.24) is 0 Å². The Kier molecular flexibility index (Phi) is 10.7. The third-order valence-corrected chi connectivity index (χ3v) is 13.9. The number of benzene rings is 8. The van der Waals surface area contributed by atoms with E-state index in [2.05, 4.69) is 255 Å². The van der Waals surface area contributed by atoms with E-state index in [0.29, 0.717) is 5.92 Å². The second-order valence-corrected chi connectivity index (χ2v) is 18.2. The third-order valence-electron chi connectivity index (χ3n) is 13.9. The van der Waals surface area contributed by atoms with Gasteiger partial charge in [-0.1, -0.05) is 226 Å². The van der Waals surface area contributed by atoms with Crippen LogP contribution in [0.5, 0.6) is 0 Å². The second-order valence-electron chi connectivity index (χ2n) is 18.2. The number of allylic oxidation sites excluding steroid dienone is 11. The van der Waals surface area contributed by atoms with Crippen molar-refractivity contribution < 1.29 is 0 Å². The van der Waals surface area contributed by atoms with Crippen molar-refractivity contribution in [2.75, 3.05) is 4.90 Å². The Labute approximate surface area is 383 Å². The van der Waals surface area contributed by atoms with Gasteiger partial charge in [0.25, 0.3) is 0 Å². The van der Waals surface area contributed by atoms with E-state index in [9.17, 15) is 0 Å².